The van der Waals surface area contributed by atoms with Crippen LogP contribution in [0.4, 0.5) is 16.2 Å². The van der Waals surface area contributed by atoms with Crippen LogP contribution in [0.25, 0.3) is 0 Å². The molecule has 2 atom stereocenters. The lowest BCUT2D eigenvalue weighted by Crippen LogP contribution is -2.38. The van der Waals surface area contributed by atoms with Crippen molar-refractivity contribution in [2.45, 2.75) is 52.4 Å². The first-order valence-corrected chi connectivity index (χ1v) is 12.3. The fourth-order valence-corrected chi connectivity index (χ4v) is 6.11. The first-order valence-electron chi connectivity index (χ1n) is 12.3. The van der Waals surface area contributed by atoms with Crippen molar-refractivity contribution in [1.82, 2.24) is 0 Å². The molecular weight excluding hydrogens is 420 g/mol. The number of nitrogens with one attached hydrogen (secondary N) is 1. The van der Waals surface area contributed by atoms with E-state index >= 15 is 0 Å². The standard InChI is InChI=1S/C30H34N2O2/c1-18-6-8-23(20(3)14-18)25-10-12-32-13-11-26(24-9-7-19(2)15-21(24)4)28-17-22(31-30(33)34-5)16-27(25)29(28)32/h6-9,14-17,25-26H,10-13H2,1-5H3,(H,31,33). The van der Waals surface area contributed by atoms with Gasteiger partial charge in [0.1, 0.15) is 0 Å². The van der Waals surface area contributed by atoms with E-state index in [9.17, 15) is 4.79 Å². The number of rotatable bonds is 3. The van der Waals surface area contributed by atoms with E-state index in [0.29, 0.717) is 11.8 Å². The van der Waals surface area contributed by atoms with E-state index in [1.165, 1.54) is 57.3 Å². The number of benzene rings is 3. The Labute approximate surface area is 202 Å². The van der Waals surface area contributed by atoms with Crippen LogP contribution in [0.5, 0.6) is 0 Å². The van der Waals surface area contributed by atoms with Crippen LogP contribution in [0.15, 0.2) is 48.5 Å². The molecule has 3 aromatic carbocycles. The number of ether oxygens (including phenoxy) is 1. The Bertz CT molecular complexity index is 1180. The minimum Gasteiger partial charge on any atom is -0.453 e. The topological polar surface area (TPSA) is 41.6 Å². The zero-order valence-corrected chi connectivity index (χ0v) is 20.9. The molecular formula is C30H34N2O2. The van der Waals surface area contributed by atoms with Crippen LogP contribution in [0.2, 0.25) is 0 Å². The summed E-state index contributed by atoms with van der Waals surface area (Å²) in [5.74, 6) is 0.616. The molecule has 2 heterocycles. The molecule has 0 bridgehead atoms. The molecule has 2 aliphatic rings. The molecule has 0 radical (unpaired) electrons. The van der Waals surface area contributed by atoms with Crippen molar-refractivity contribution in [3.8, 4) is 0 Å². The third-order valence-corrected chi connectivity index (χ3v) is 7.64. The van der Waals surface area contributed by atoms with Crippen molar-refractivity contribution in [2.75, 3.05) is 30.4 Å². The van der Waals surface area contributed by atoms with Gasteiger partial charge in [-0.2, -0.15) is 0 Å². The maximum atomic E-state index is 12.2. The number of methoxy groups -OCH3 is 1. The van der Waals surface area contributed by atoms with Gasteiger partial charge in [-0.05, 0) is 86.1 Å². The SMILES string of the molecule is COC(=O)Nc1cc2c3c(c1)C(c1ccc(C)cc1C)CCN3CCC2c1ccc(C)cc1C. The van der Waals surface area contributed by atoms with E-state index in [2.05, 4.69) is 86.4 Å². The first-order chi connectivity index (χ1) is 16.4. The third-order valence-electron chi connectivity index (χ3n) is 7.64. The maximum Gasteiger partial charge on any atom is 0.411 e. The molecule has 2 aliphatic heterocycles. The lowest BCUT2D eigenvalue weighted by atomic mass is 9.75. The highest BCUT2D eigenvalue weighted by Crippen LogP contribution is 2.50. The minimum atomic E-state index is -0.429. The smallest absolute Gasteiger partial charge is 0.411 e. The average Bonchev–Trinajstić information content (AvgIpc) is 2.80. The second-order valence-electron chi connectivity index (χ2n) is 10.0. The molecule has 4 nitrogen and oxygen atoms in total. The van der Waals surface area contributed by atoms with Crippen LogP contribution >= 0.6 is 0 Å². The fraction of sp³-hybridized carbons (Fsp3) is 0.367. The molecule has 1 N–H and O–H groups in total. The molecule has 3 aromatic rings. The van der Waals surface area contributed by atoms with Crippen molar-refractivity contribution < 1.29 is 9.53 Å². The molecule has 0 aliphatic carbocycles. The van der Waals surface area contributed by atoms with Crippen LogP contribution in [-0.4, -0.2) is 26.3 Å². The van der Waals surface area contributed by atoms with Gasteiger partial charge in [-0.1, -0.05) is 47.5 Å². The molecule has 4 heteroatoms. The molecule has 0 spiro atoms. The predicted molar refractivity (Wildman–Crippen MR) is 139 cm³/mol. The summed E-state index contributed by atoms with van der Waals surface area (Å²) in [6, 6.07) is 17.9. The van der Waals surface area contributed by atoms with Gasteiger partial charge in [0.15, 0.2) is 0 Å². The quantitative estimate of drug-likeness (QED) is 0.464. The van der Waals surface area contributed by atoms with Gasteiger partial charge in [-0.25, -0.2) is 4.79 Å². The highest BCUT2D eigenvalue weighted by atomic mass is 16.5. The molecule has 34 heavy (non-hydrogen) atoms. The van der Waals surface area contributed by atoms with Crippen molar-refractivity contribution in [1.29, 1.82) is 0 Å². The number of nitrogens with zero attached hydrogens (tertiary/aromatic N) is 1. The van der Waals surface area contributed by atoms with E-state index in [4.69, 9.17) is 4.74 Å². The molecule has 1 amide bonds. The van der Waals surface area contributed by atoms with Crippen LogP contribution in [0.3, 0.4) is 0 Å². The van der Waals surface area contributed by atoms with Crippen molar-refractivity contribution in [3.05, 3.63) is 93.0 Å². The second kappa shape index (κ2) is 8.83. The Morgan fingerprint density at radius 3 is 1.74 bits per heavy atom. The van der Waals surface area contributed by atoms with E-state index in [1.807, 2.05) is 0 Å². The Hall–Kier alpha value is -3.27. The summed E-state index contributed by atoms with van der Waals surface area (Å²) in [5.41, 5.74) is 12.8. The first kappa shape index (κ1) is 22.5. The maximum absolute atomic E-state index is 12.2. The number of carbonyl (C=O) groups excluding carboxylic acids is 1. The Kier molecular flexibility index (Phi) is 5.85. The Morgan fingerprint density at radius 1 is 0.794 bits per heavy atom. The summed E-state index contributed by atoms with van der Waals surface area (Å²) in [5, 5.41) is 2.97. The van der Waals surface area contributed by atoms with Gasteiger partial charge in [0, 0.05) is 36.3 Å². The Morgan fingerprint density at radius 2 is 1.29 bits per heavy atom. The van der Waals surface area contributed by atoms with Crippen LogP contribution in [0.1, 0.15) is 69.2 Å². The van der Waals surface area contributed by atoms with E-state index < -0.39 is 6.09 Å². The van der Waals surface area contributed by atoms with Crippen molar-refractivity contribution in [3.63, 3.8) is 0 Å². The summed E-state index contributed by atoms with van der Waals surface area (Å²) in [6.45, 7) is 10.8. The third kappa shape index (κ3) is 3.96. The summed E-state index contributed by atoms with van der Waals surface area (Å²) in [4.78, 5) is 14.7. The van der Waals surface area contributed by atoms with Gasteiger partial charge < -0.3 is 9.64 Å². The summed E-state index contributed by atoms with van der Waals surface area (Å²) < 4.78 is 4.93. The van der Waals surface area contributed by atoms with E-state index in [-0.39, 0.29) is 0 Å². The van der Waals surface area contributed by atoms with E-state index in [1.54, 1.807) is 0 Å². The van der Waals surface area contributed by atoms with Gasteiger partial charge in [0.2, 0.25) is 0 Å². The number of hydrogen-bond acceptors (Lipinski definition) is 3. The number of hydrogen-bond donors (Lipinski definition) is 1. The van der Waals surface area contributed by atoms with Gasteiger partial charge >= 0.3 is 6.09 Å². The molecule has 2 unspecified atom stereocenters. The zero-order chi connectivity index (χ0) is 24.0. The van der Waals surface area contributed by atoms with Crippen LogP contribution in [0, 0.1) is 27.7 Å². The highest BCUT2D eigenvalue weighted by Gasteiger charge is 2.36. The average molecular weight is 455 g/mol. The van der Waals surface area contributed by atoms with Crippen LogP contribution in [-0.2, 0) is 4.74 Å². The molecule has 0 aromatic heterocycles. The number of carbonyl (C=O) groups is 1. The largest absolute Gasteiger partial charge is 0.453 e. The summed E-state index contributed by atoms with van der Waals surface area (Å²) in [6.07, 6.45) is 1.72. The summed E-state index contributed by atoms with van der Waals surface area (Å²) >= 11 is 0. The number of aryl methyl sites for hydroxylation is 4. The number of anilines is 2. The lowest BCUT2D eigenvalue weighted by Gasteiger charge is -2.43. The molecule has 176 valence electrons. The predicted octanol–water partition coefficient (Wildman–Crippen LogP) is 6.98. The zero-order valence-electron chi connectivity index (χ0n) is 20.9. The second-order valence-corrected chi connectivity index (χ2v) is 10.0. The Balaban J connectivity index is 1.70. The van der Waals surface area contributed by atoms with Gasteiger partial charge in [-0.3, -0.25) is 5.32 Å². The van der Waals surface area contributed by atoms with Crippen molar-refractivity contribution >= 4 is 17.5 Å². The minimum absolute atomic E-state index is 0.308. The van der Waals surface area contributed by atoms with Gasteiger partial charge in [0.25, 0.3) is 0 Å². The fourth-order valence-electron chi connectivity index (χ4n) is 6.11. The molecule has 5 rings (SSSR count). The van der Waals surface area contributed by atoms with E-state index in [0.717, 1.165) is 31.6 Å². The molecule has 0 fully saturated rings. The summed E-state index contributed by atoms with van der Waals surface area (Å²) in [7, 11) is 1.41. The van der Waals surface area contributed by atoms with Gasteiger partial charge in [0.05, 0.1) is 7.11 Å². The normalized spacial score (nSPS) is 18.9. The number of amides is 1. The molecule has 0 saturated heterocycles. The lowest BCUT2D eigenvalue weighted by molar-refractivity contribution is 0.187. The molecule has 0 saturated carbocycles. The van der Waals surface area contributed by atoms with Crippen LogP contribution < -0.4 is 10.2 Å². The monoisotopic (exact) mass is 454 g/mol. The van der Waals surface area contributed by atoms with Crippen molar-refractivity contribution in [2.24, 2.45) is 0 Å². The van der Waals surface area contributed by atoms with Gasteiger partial charge in [-0.15, -0.1) is 0 Å². The highest BCUT2D eigenvalue weighted by molar-refractivity contribution is 5.86.